The summed E-state index contributed by atoms with van der Waals surface area (Å²) >= 11 is 4.60. The summed E-state index contributed by atoms with van der Waals surface area (Å²) in [4.78, 5) is 49.3. The fraction of sp³-hybridized carbons (Fsp3) is 0.600. The SMILES string of the molecule is COC(=O)Cl.COC(=O)N1CCC(n2ncc3c(N4CC5CCC(C4)O5)nc(C)nc32)CC1.Cc1nc(N2CC3CCC(C2)O3)c2cnn(C3CCN(Cc4ccccc4)CC3)c2n1. The van der Waals surface area contributed by atoms with Crippen LogP contribution in [0.3, 0.4) is 0 Å². The summed E-state index contributed by atoms with van der Waals surface area (Å²) in [6.45, 7) is 12.1. The molecule has 1 aromatic carbocycles. The highest BCUT2D eigenvalue weighted by Crippen LogP contribution is 2.36. The lowest BCUT2D eigenvalue weighted by Crippen LogP contribution is -2.43. The highest BCUT2D eigenvalue weighted by Gasteiger charge is 2.37. The zero-order chi connectivity index (χ0) is 44.3. The molecule has 6 aliphatic rings. The minimum atomic E-state index is -0.773. The number of methoxy groups -OCH3 is 2. The summed E-state index contributed by atoms with van der Waals surface area (Å²) in [6, 6.07) is 11.4. The van der Waals surface area contributed by atoms with Crippen molar-refractivity contribution >= 4 is 56.8 Å². The Bertz CT molecular complexity index is 2380. The van der Waals surface area contributed by atoms with Gasteiger partial charge >= 0.3 is 11.5 Å². The molecule has 4 atom stereocenters. The molecule has 6 aliphatic heterocycles. The summed E-state index contributed by atoms with van der Waals surface area (Å²) in [5, 5.41) is 11.6. The molecular weight excluding hydrogens is 840 g/mol. The summed E-state index contributed by atoms with van der Waals surface area (Å²) < 4.78 is 24.9. The van der Waals surface area contributed by atoms with Crippen molar-refractivity contribution in [3.8, 4) is 0 Å². The van der Waals surface area contributed by atoms with Gasteiger partial charge in [-0.2, -0.15) is 10.2 Å². The number of aryl methyl sites for hydroxylation is 2. The molecule has 1 amide bonds. The van der Waals surface area contributed by atoms with Crippen LogP contribution in [0.5, 0.6) is 0 Å². The molecule has 64 heavy (non-hydrogen) atoms. The van der Waals surface area contributed by atoms with Gasteiger partial charge < -0.3 is 33.6 Å². The number of carbonyl (C=O) groups is 2. The minimum absolute atomic E-state index is 0.224. The topological polar surface area (TPSA) is 171 Å². The van der Waals surface area contributed by atoms with Crippen LogP contribution in [-0.4, -0.2) is 152 Å². The Hall–Kier alpha value is -5.17. The molecule has 18 nitrogen and oxygen atoms in total. The molecule has 6 saturated heterocycles. The van der Waals surface area contributed by atoms with E-state index in [9.17, 15) is 9.59 Å². The van der Waals surface area contributed by atoms with Gasteiger partial charge in [0.1, 0.15) is 23.3 Å². The fourth-order valence-electron chi connectivity index (χ4n) is 10.2. The number of morpholine rings is 2. The van der Waals surface area contributed by atoms with E-state index >= 15 is 0 Å². The average molecular weight is 899 g/mol. The molecule has 5 aromatic rings. The van der Waals surface area contributed by atoms with Gasteiger partial charge in [-0.25, -0.2) is 38.9 Å². The average Bonchev–Trinajstić information content (AvgIpc) is 4.11. The van der Waals surface area contributed by atoms with E-state index in [-0.39, 0.29) is 12.1 Å². The third-order valence-corrected chi connectivity index (χ3v) is 13.5. The first kappa shape index (κ1) is 44.1. The molecule has 10 heterocycles. The third-order valence-electron chi connectivity index (χ3n) is 13.3. The van der Waals surface area contributed by atoms with E-state index < -0.39 is 5.43 Å². The number of fused-ring (bicyclic) bond motifs is 6. The quantitative estimate of drug-likeness (QED) is 0.175. The molecule has 0 N–H and O–H groups in total. The second kappa shape index (κ2) is 19.5. The monoisotopic (exact) mass is 898 g/mol. The van der Waals surface area contributed by atoms with E-state index in [1.54, 1.807) is 4.90 Å². The van der Waals surface area contributed by atoms with Crippen molar-refractivity contribution in [1.29, 1.82) is 0 Å². The number of carbonyl (C=O) groups excluding carboxylic acids is 2. The molecule has 4 bridgehead atoms. The maximum absolute atomic E-state index is 11.7. The van der Waals surface area contributed by atoms with E-state index in [1.165, 1.54) is 19.8 Å². The Morgan fingerprint density at radius 1 is 0.641 bits per heavy atom. The number of likely N-dealkylation sites (tertiary alicyclic amines) is 2. The van der Waals surface area contributed by atoms with Gasteiger partial charge in [-0.05, 0) is 70.8 Å². The van der Waals surface area contributed by atoms with Gasteiger partial charge in [0.25, 0.3) is 0 Å². The van der Waals surface area contributed by atoms with Gasteiger partial charge in [-0.3, -0.25) is 4.90 Å². The summed E-state index contributed by atoms with van der Waals surface area (Å²) in [7, 11) is 2.64. The number of halogens is 1. The number of ether oxygens (including phenoxy) is 4. The molecule has 342 valence electrons. The van der Waals surface area contributed by atoms with Crippen molar-refractivity contribution in [2.45, 2.75) is 108 Å². The van der Waals surface area contributed by atoms with Crippen LogP contribution in [0.25, 0.3) is 22.1 Å². The lowest BCUT2D eigenvalue weighted by atomic mass is 10.0. The molecule has 6 fully saturated rings. The van der Waals surface area contributed by atoms with Crippen LogP contribution in [-0.2, 0) is 25.5 Å². The number of amides is 1. The Morgan fingerprint density at radius 2 is 1.08 bits per heavy atom. The zero-order valence-corrected chi connectivity index (χ0v) is 38.0. The lowest BCUT2D eigenvalue weighted by molar-refractivity contribution is 0.0301. The van der Waals surface area contributed by atoms with E-state index in [4.69, 9.17) is 39.2 Å². The van der Waals surface area contributed by atoms with E-state index in [0.717, 1.165) is 143 Å². The molecule has 19 heteroatoms. The van der Waals surface area contributed by atoms with Crippen LogP contribution in [0.15, 0.2) is 42.7 Å². The van der Waals surface area contributed by atoms with Gasteiger partial charge in [0.2, 0.25) is 0 Å². The van der Waals surface area contributed by atoms with Crippen molar-refractivity contribution in [2.75, 3.05) is 76.4 Å². The van der Waals surface area contributed by atoms with E-state index in [1.807, 2.05) is 30.9 Å². The van der Waals surface area contributed by atoms with Crippen molar-refractivity contribution < 1.29 is 28.5 Å². The molecule has 0 saturated carbocycles. The fourth-order valence-corrected chi connectivity index (χ4v) is 10.2. The maximum atomic E-state index is 11.7. The van der Waals surface area contributed by atoms with E-state index in [2.05, 4.69) is 71.1 Å². The molecular formula is C45H59ClN12O6. The van der Waals surface area contributed by atoms with Crippen LogP contribution >= 0.6 is 11.6 Å². The predicted molar refractivity (Wildman–Crippen MR) is 241 cm³/mol. The molecule has 4 unspecified atom stereocenters. The molecule has 11 rings (SSSR count). The first-order valence-electron chi connectivity index (χ1n) is 22.7. The second-order valence-electron chi connectivity index (χ2n) is 17.7. The summed E-state index contributed by atoms with van der Waals surface area (Å²) in [5.41, 5.74) is 2.49. The molecule has 0 aliphatic carbocycles. The number of hydrogen-bond donors (Lipinski definition) is 0. The Morgan fingerprint density at radius 3 is 1.50 bits per heavy atom. The highest BCUT2D eigenvalue weighted by atomic mass is 35.5. The summed E-state index contributed by atoms with van der Waals surface area (Å²) in [5.74, 6) is 3.59. The standard InChI is InChI=1S/C24H30N6O.C19H26N6O3.C2H3ClO2/c1-17-26-23(29-15-20-7-8-21(16-29)31-20)22-13-25-30(24(22)27-17)19-9-11-28(12-10-19)14-18-5-3-2-4-6-18;1-12-21-17(24-10-14-3-4-15(11-24)28-14)16-9-20-25(18(16)22-12)13-5-7-23(8-6-13)19(26)27-2;1-5-2(3)4/h2-6,13,19-21H,7-12,14-16H2,1H3;9,13-15H,3-8,10-11H2,1-2H3;1H3. The molecule has 0 radical (unpaired) electrons. The number of hydrogen-bond acceptors (Lipinski definition) is 15. The van der Waals surface area contributed by atoms with Gasteiger partial charge in [0.15, 0.2) is 11.3 Å². The molecule has 0 spiro atoms. The maximum Gasteiger partial charge on any atom is 0.409 e. The Labute approximate surface area is 378 Å². The number of piperidine rings is 2. The Balaban J connectivity index is 0.000000147. The minimum Gasteiger partial charge on any atom is -0.457 e. The van der Waals surface area contributed by atoms with Gasteiger partial charge in [-0.15, -0.1) is 0 Å². The van der Waals surface area contributed by atoms with Crippen LogP contribution < -0.4 is 9.80 Å². The first-order chi connectivity index (χ1) is 31.1. The largest absolute Gasteiger partial charge is 0.457 e. The second-order valence-corrected chi connectivity index (χ2v) is 18.0. The van der Waals surface area contributed by atoms with Crippen LogP contribution in [0, 0.1) is 13.8 Å². The Kier molecular flexibility index (Phi) is 13.4. The lowest BCUT2D eigenvalue weighted by Gasteiger charge is -2.33. The van der Waals surface area contributed by atoms with Crippen LogP contribution in [0.1, 0.15) is 80.7 Å². The number of anilines is 2. The predicted octanol–water partition coefficient (Wildman–Crippen LogP) is 6.24. The van der Waals surface area contributed by atoms with Crippen molar-refractivity contribution in [3.05, 3.63) is 59.9 Å². The normalized spacial score (nSPS) is 23.7. The van der Waals surface area contributed by atoms with E-state index in [0.29, 0.717) is 43.5 Å². The first-order valence-corrected chi connectivity index (χ1v) is 23.1. The smallest absolute Gasteiger partial charge is 0.409 e. The number of rotatable bonds is 6. The van der Waals surface area contributed by atoms with Gasteiger partial charge in [0, 0.05) is 70.5 Å². The summed E-state index contributed by atoms with van der Waals surface area (Å²) in [6.07, 6.45) is 13.4. The molecule has 4 aromatic heterocycles. The van der Waals surface area contributed by atoms with Gasteiger partial charge in [-0.1, -0.05) is 30.3 Å². The highest BCUT2D eigenvalue weighted by molar-refractivity contribution is 6.61. The van der Waals surface area contributed by atoms with Crippen LogP contribution in [0.2, 0.25) is 0 Å². The van der Waals surface area contributed by atoms with Crippen molar-refractivity contribution in [2.24, 2.45) is 0 Å². The number of aromatic nitrogens is 8. The van der Waals surface area contributed by atoms with Crippen molar-refractivity contribution in [1.82, 2.24) is 49.3 Å². The number of nitrogens with zero attached hydrogens (tertiary/aromatic N) is 12. The number of benzene rings is 1. The van der Waals surface area contributed by atoms with Gasteiger partial charge in [0.05, 0.1) is 73.9 Å². The third kappa shape index (κ3) is 9.74. The van der Waals surface area contributed by atoms with Crippen LogP contribution in [0.4, 0.5) is 21.2 Å². The zero-order valence-electron chi connectivity index (χ0n) is 37.2. The van der Waals surface area contributed by atoms with Crippen molar-refractivity contribution in [3.63, 3.8) is 0 Å².